The summed E-state index contributed by atoms with van der Waals surface area (Å²) in [5.74, 6) is -1.22. The third-order valence-corrected chi connectivity index (χ3v) is 3.84. The second-order valence-corrected chi connectivity index (χ2v) is 5.11. The van der Waals surface area contributed by atoms with Crippen LogP contribution in [-0.4, -0.2) is 46.5 Å². The van der Waals surface area contributed by atoms with E-state index in [2.05, 4.69) is 15.2 Å². The average Bonchev–Trinajstić information content (AvgIpc) is 2.85. The monoisotopic (exact) mass is 295 g/mol. The van der Waals surface area contributed by atoms with Gasteiger partial charge >= 0.3 is 11.9 Å². The summed E-state index contributed by atoms with van der Waals surface area (Å²) in [6.07, 6.45) is 2.68. The molecule has 7 heteroatoms. The Morgan fingerprint density at radius 1 is 1.52 bits per heavy atom. The number of methoxy groups -OCH3 is 1. The van der Waals surface area contributed by atoms with Gasteiger partial charge in [0, 0.05) is 30.4 Å². The lowest BCUT2D eigenvalue weighted by atomic mass is 9.91. The van der Waals surface area contributed by atoms with Crippen molar-refractivity contribution in [3.63, 3.8) is 0 Å². The number of hydrogen-bond donors (Lipinski definition) is 2. The molecule has 7 nitrogen and oxygen atoms in total. The van der Waals surface area contributed by atoms with E-state index in [0.29, 0.717) is 25.9 Å². The first-order chi connectivity index (χ1) is 10.1. The van der Waals surface area contributed by atoms with Crippen molar-refractivity contribution in [2.45, 2.75) is 45.2 Å². The van der Waals surface area contributed by atoms with E-state index in [1.54, 1.807) is 4.68 Å². The van der Waals surface area contributed by atoms with Crippen LogP contribution in [0.2, 0.25) is 0 Å². The summed E-state index contributed by atoms with van der Waals surface area (Å²) >= 11 is 0. The summed E-state index contributed by atoms with van der Waals surface area (Å²) in [5.41, 5.74) is 2.01. The van der Waals surface area contributed by atoms with Crippen LogP contribution < -0.4 is 5.32 Å². The molecule has 0 bridgehead atoms. The molecular formula is C14H21N3O4. The van der Waals surface area contributed by atoms with Crippen LogP contribution in [0, 0.1) is 0 Å². The van der Waals surface area contributed by atoms with Gasteiger partial charge in [0.05, 0.1) is 13.5 Å². The van der Waals surface area contributed by atoms with Gasteiger partial charge in [-0.2, -0.15) is 5.10 Å². The number of carboxylic acids is 1. The maximum absolute atomic E-state index is 11.3. The predicted molar refractivity (Wildman–Crippen MR) is 75.3 cm³/mol. The fourth-order valence-electron chi connectivity index (χ4n) is 2.78. The van der Waals surface area contributed by atoms with Crippen molar-refractivity contribution in [2.24, 2.45) is 0 Å². The van der Waals surface area contributed by atoms with Crippen molar-refractivity contribution >= 4 is 11.9 Å². The van der Waals surface area contributed by atoms with Crippen LogP contribution in [0.1, 0.15) is 41.5 Å². The number of ether oxygens (including phenoxy) is 1. The summed E-state index contributed by atoms with van der Waals surface area (Å²) in [4.78, 5) is 22.4. The van der Waals surface area contributed by atoms with E-state index in [0.717, 1.165) is 24.1 Å². The highest BCUT2D eigenvalue weighted by Gasteiger charge is 2.28. The third-order valence-electron chi connectivity index (χ3n) is 3.84. The van der Waals surface area contributed by atoms with E-state index < -0.39 is 5.97 Å². The molecule has 0 radical (unpaired) electrons. The van der Waals surface area contributed by atoms with Crippen molar-refractivity contribution in [2.75, 3.05) is 13.7 Å². The Labute approximate surface area is 123 Å². The van der Waals surface area contributed by atoms with Gasteiger partial charge in [-0.1, -0.05) is 0 Å². The lowest BCUT2D eigenvalue weighted by Crippen LogP contribution is -2.36. The molecule has 1 aromatic rings. The molecule has 1 aliphatic rings. The highest BCUT2D eigenvalue weighted by Crippen LogP contribution is 2.25. The van der Waals surface area contributed by atoms with E-state index in [1.165, 1.54) is 7.11 Å². The first kappa shape index (κ1) is 15.5. The number of carbonyl (C=O) groups is 2. The Morgan fingerprint density at radius 3 is 2.90 bits per heavy atom. The Balaban J connectivity index is 2.03. The minimum Gasteiger partial charge on any atom is -0.476 e. The molecule has 116 valence electrons. The van der Waals surface area contributed by atoms with Gasteiger partial charge in [-0.3, -0.25) is 9.48 Å². The molecule has 1 aliphatic carbocycles. The summed E-state index contributed by atoms with van der Waals surface area (Å²) in [6.45, 7) is 3.17. The van der Waals surface area contributed by atoms with E-state index in [4.69, 9.17) is 0 Å². The highest BCUT2D eigenvalue weighted by molar-refractivity contribution is 5.87. The van der Waals surface area contributed by atoms with Crippen molar-refractivity contribution in [3.8, 4) is 0 Å². The van der Waals surface area contributed by atoms with Gasteiger partial charge < -0.3 is 15.2 Å². The maximum Gasteiger partial charge on any atom is 0.356 e. The SMILES string of the molecule is CCn1nc(C(=O)O)c2c1CC[C@H](NCCC(=O)OC)C2. The van der Waals surface area contributed by atoms with Crippen LogP contribution in [0.15, 0.2) is 0 Å². The van der Waals surface area contributed by atoms with Crippen LogP contribution >= 0.6 is 0 Å². The number of esters is 1. The number of nitrogens with one attached hydrogen (secondary N) is 1. The largest absolute Gasteiger partial charge is 0.476 e. The van der Waals surface area contributed by atoms with Crippen molar-refractivity contribution in [1.82, 2.24) is 15.1 Å². The van der Waals surface area contributed by atoms with Crippen LogP contribution in [0.5, 0.6) is 0 Å². The highest BCUT2D eigenvalue weighted by atomic mass is 16.5. The van der Waals surface area contributed by atoms with E-state index in [1.807, 2.05) is 6.92 Å². The average molecular weight is 295 g/mol. The summed E-state index contributed by atoms with van der Waals surface area (Å²) in [6, 6.07) is 0.176. The molecule has 0 fully saturated rings. The molecule has 0 saturated heterocycles. The third kappa shape index (κ3) is 3.41. The smallest absolute Gasteiger partial charge is 0.356 e. The normalized spacial score (nSPS) is 17.3. The van der Waals surface area contributed by atoms with Gasteiger partial charge in [0.15, 0.2) is 5.69 Å². The van der Waals surface area contributed by atoms with Crippen LogP contribution in [0.25, 0.3) is 0 Å². The van der Waals surface area contributed by atoms with Gasteiger partial charge in [0.25, 0.3) is 0 Å². The fraction of sp³-hybridized carbons (Fsp3) is 0.643. The van der Waals surface area contributed by atoms with Crippen LogP contribution in [-0.2, 0) is 28.9 Å². The second-order valence-electron chi connectivity index (χ2n) is 5.11. The Morgan fingerprint density at radius 2 is 2.29 bits per heavy atom. The first-order valence-electron chi connectivity index (χ1n) is 7.18. The minimum absolute atomic E-state index is 0.159. The Hall–Kier alpha value is -1.89. The van der Waals surface area contributed by atoms with Crippen LogP contribution in [0.3, 0.4) is 0 Å². The lowest BCUT2D eigenvalue weighted by Gasteiger charge is -2.24. The predicted octanol–water partition coefficient (Wildman–Crippen LogP) is 0.611. The Bertz CT molecular complexity index is 539. The number of aryl methyl sites for hydroxylation is 1. The molecular weight excluding hydrogens is 274 g/mol. The molecule has 0 saturated carbocycles. The number of hydrogen-bond acceptors (Lipinski definition) is 5. The molecule has 0 aromatic carbocycles. The number of nitrogens with zero attached hydrogens (tertiary/aromatic N) is 2. The summed E-state index contributed by atoms with van der Waals surface area (Å²) in [7, 11) is 1.37. The van der Waals surface area contributed by atoms with E-state index >= 15 is 0 Å². The summed E-state index contributed by atoms with van der Waals surface area (Å²) < 4.78 is 6.38. The van der Waals surface area contributed by atoms with Gasteiger partial charge in [0.2, 0.25) is 0 Å². The van der Waals surface area contributed by atoms with Gasteiger partial charge in [-0.25, -0.2) is 4.79 Å². The standard InChI is InChI=1S/C14H21N3O4/c1-3-17-11-5-4-9(15-7-6-12(18)21-2)8-10(11)13(16-17)14(19)20/h9,15H,3-8H2,1-2H3,(H,19,20)/t9-/m0/s1. The van der Waals surface area contributed by atoms with Crippen molar-refractivity contribution < 1.29 is 19.4 Å². The number of carboxylic acid groups (broad SMARTS) is 1. The van der Waals surface area contributed by atoms with Gasteiger partial charge in [-0.15, -0.1) is 0 Å². The zero-order chi connectivity index (χ0) is 15.4. The number of carbonyl (C=O) groups excluding carboxylic acids is 1. The molecule has 1 heterocycles. The topological polar surface area (TPSA) is 93.5 Å². The molecule has 1 atom stereocenters. The number of fused-ring (bicyclic) bond motifs is 1. The molecule has 1 aromatic heterocycles. The van der Waals surface area contributed by atoms with Crippen molar-refractivity contribution in [3.05, 3.63) is 17.0 Å². The van der Waals surface area contributed by atoms with Crippen molar-refractivity contribution in [1.29, 1.82) is 0 Å². The molecule has 2 N–H and O–H groups in total. The zero-order valence-corrected chi connectivity index (χ0v) is 12.4. The van der Waals surface area contributed by atoms with E-state index in [-0.39, 0.29) is 17.7 Å². The summed E-state index contributed by atoms with van der Waals surface area (Å²) in [5, 5.41) is 16.7. The minimum atomic E-state index is -0.978. The fourth-order valence-corrected chi connectivity index (χ4v) is 2.78. The Kier molecular flexibility index (Phi) is 4.95. The van der Waals surface area contributed by atoms with Gasteiger partial charge in [0.1, 0.15) is 0 Å². The second kappa shape index (κ2) is 6.71. The number of aromatic carboxylic acids is 1. The van der Waals surface area contributed by atoms with Crippen LogP contribution in [0.4, 0.5) is 0 Å². The molecule has 21 heavy (non-hydrogen) atoms. The molecule has 2 rings (SSSR count). The zero-order valence-electron chi connectivity index (χ0n) is 12.4. The molecule has 0 aliphatic heterocycles. The lowest BCUT2D eigenvalue weighted by molar-refractivity contribution is -0.140. The molecule has 0 amide bonds. The quantitative estimate of drug-likeness (QED) is 0.747. The van der Waals surface area contributed by atoms with Gasteiger partial charge in [-0.05, 0) is 26.2 Å². The number of aromatic nitrogens is 2. The maximum atomic E-state index is 11.3. The van der Waals surface area contributed by atoms with E-state index in [9.17, 15) is 14.7 Å². The molecule has 0 spiro atoms. The molecule has 0 unspecified atom stereocenters. The number of rotatable bonds is 6. The first-order valence-corrected chi connectivity index (χ1v) is 7.18.